The van der Waals surface area contributed by atoms with Crippen LogP contribution in [0, 0.1) is 27.7 Å². The highest BCUT2D eigenvalue weighted by Gasteiger charge is 2.09. The van der Waals surface area contributed by atoms with Crippen LogP contribution in [0.4, 0.5) is 0 Å². The molecule has 0 bridgehead atoms. The lowest BCUT2D eigenvalue weighted by molar-refractivity contribution is -0.146. The summed E-state index contributed by atoms with van der Waals surface area (Å²) < 4.78 is 14.4. The Bertz CT molecular complexity index is 1000. The zero-order valence-corrected chi connectivity index (χ0v) is 19.1. The van der Waals surface area contributed by atoms with Gasteiger partial charge < -0.3 is 9.47 Å². The van der Waals surface area contributed by atoms with Crippen LogP contribution in [0.1, 0.15) is 46.7 Å². The van der Waals surface area contributed by atoms with Crippen molar-refractivity contribution in [3.8, 4) is 0 Å². The Morgan fingerprint density at radius 2 is 1.19 bits per heavy atom. The number of aromatic nitrogens is 4. The average Bonchev–Trinajstić information content (AvgIpc) is 3.26. The molecule has 0 radical (unpaired) electrons. The van der Waals surface area contributed by atoms with Crippen LogP contribution in [0.25, 0.3) is 0 Å². The van der Waals surface area contributed by atoms with E-state index in [4.69, 9.17) is 9.47 Å². The van der Waals surface area contributed by atoms with Crippen molar-refractivity contribution in [2.75, 3.05) is 0 Å². The molecule has 0 saturated heterocycles. The van der Waals surface area contributed by atoms with E-state index in [1.807, 2.05) is 64.1 Å². The number of esters is 2. The number of hydrogen-bond donors (Lipinski definition) is 0. The van der Waals surface area contributed by atoms with Crippen LogP contribution in [0.2, 0.25) is 0 Å². The zero-order chi connectivity index (χ0) is 23.1. The van der Waals surface area contributed by atoms with E-state index in [9.17, 15) is 9.59 Å². The normalized spacial score (nSPS) is 10.9. The second kappa shape index (κ2) is 10.7. The molecule has 2 heterocycles. The van der Waals surface area contributed by atoms with Crippen molar-refractivity contribution in [2.45, 2.75) is 66.8 Å². The first kappa shape index (κ1) is 23.2. The molecule has 3 aromatic rings. The largest absolute Gasteiger partial charge is 0.461 e. The summed E-state index contributed by atoms with van der Waals surface area (Å²) >= 11 is 0. The van der Waals surface area contributed by atoms with Crippen molar-refractivity contribution in [3.63, 3.8) is 0 Å². The molecule has 0 spiro atoms. The molecule has 8 nitrogen and oxygen atoms in total. The SMILES string of the molecule is Cc1cc(C)n(CCC(=O)OCc2cccc(COC(=O)CCn3nc(C)cc3C)c2)n1. The molecule has 0 atom stereocenters. The number of carbonyl (C=O) groups excluding carboxylic acids is 2. The van der Waals surface area contributed by atoms with E-state index in [0.29, 0.717) is 13.1 Å². The van der Waals surface area contributed by atoms with E-state index < -0.39 is 0 Å². The predicted octanol–water partition coefficient (Wildman–Crippen LogP) is 3.58. The van der Waals surface area contributed by atoms with E-state index in [1.165, 1.54) is 0 Å². The molecule has 1 aromatic carbocycles. The molecule has 0 saturated carbocycles. The van der Waals surface area contributed by atoms with Gasteiger partial charge in [-0.25, -0.2) is 0 Å². The van der Waals surface area contributed by atoms with Crippen LogP contribution in [0.15, 0.2) is 36.4 Å². The van der Waals surface area contributed by atoms with Gasteiger partial charge in [-0.05, 0) is 57.0 Å². The van der Waals surface area contributed by atoms with Gasteiger partial charge in [-0.1, -0.05) is 18.2 Å². The minimum Gasteiger partial charge on any atom is -0.461 e. The van der Waals surface area contributed by atoms with Crippen molar-refractivity contribution < 1.29 is 19.1 Å². The number of benzene rings is 1. The molecule has 0 unspecified atom stereocenters. The van der Waals surface area contributed by atoms with Crippen LogP contribution in [-0.4, -0.2) is 31.5 Å². The summed E-state index contributed by atoms with van der Waals surface area (Å²) in [4.78, 5) is 24.2. The molecule has 2 aromatic heterocycles. The standard InChI is InChI=1S/C24H30N4O4/c1-17-12-19(3)27(25-17)10-8-23(29)31-15-21-6-5-7-22(14-21)16-32-24(30)9-11-28-20(4)13-18(2)26-28/h5-7,12-14H,8-11,15-16H2,1-4H3. The van der Waals surface area contributed by atoms with E-state index >= 15 is 0 Å². The lowest BCUT2D eigenvalue weighted by atomic mass is 10.1. The van der Waals surface area contributed by atoms with Crippen molar-refractivity contribution in [2.24, 2.45) is 0 Å². The first-order valence-corrected chi connectivity index (χ1v) is 10.7. The third-order valence-electron chi connectivity index (χ3n) is 5.05. The second-order valence-electron chi connectivity index (χ2n) is 7.94. The number of ether oxygens (including phenoxy) is 2. The molecule has 0 aliphatic carbocycles. The van der Waals surface area contributed by atoms with Crippen LogP contribution in [0.3, 0.4) is 0 Å². The fourth-order valence-corrected chi connectivity index (χ4v) is 3.48. The Hall–Kier alpha value is -3.42. The third-order valence-corrected chi connectivity index (χ3v) is 5.05. The monoisotopic (exact) mass is 438 g/mol. The number of rotatable bonds is 10. The Morgan fingerprint density at radius 1 is 0.750 bits per heavy atom. The highest BCUT2D eigenvalue weighted by molar-refractivity contribution is 5.69. The van der Waals surface area contributed by atoms with Crippen LogP contribution in [-0.2, 0) is 45.4 Å². The number of aryl methyl sites for hydroxylation is 6. The fraction of sp³-hybridized carbons (Fsp3) is 0.417. The maximum atomic E-state index is 12.1. The average molecular weight is 439 g/mol. The lowest BCUT2D eigenvalue weighted by Gasteiger charge is -2.09. The predicted molar refractivity (Wildman–Crippen MR) is 119 cm³/mol. The Morgan fingerprint density at radius 3 is 1.56 bits per heavy atom. The topological polar surface area (TPSA) is 88.2 Å². The summed E-state index contributed by atoms with van der Waals surface area (Å²) in [6, 6.07) is 11.4. The molecule has 170 valence electrons. The first-order chi connectivity index (χ1) is 15.3. The first-order valence-electron chi connectivity index (χ1n) is 10.7. The Labute approximate surface area is 188 Å². The van der Waals surface area contributed by atoms with Gasteiger partial charge in [0.05, 0.1) is 37.3 Å². The van der Waals surface area contributed by atoms with Gasteiger partial charge in [-0.3, -0.25) is 19.0 Å². The molecule has 0 aliphatic heterocycles. The molecule has 3 rings (SSSR count). The highest BCUT2D eigenvalue weighted by Crippen LogP contribution is 2.10. The van der Waals surface area contributed by atoms with E-state index in [2.05, 4.69) is 10.2 Å². The molecule has 0 fully saturated rings. The van der Waals surface area contributed by atoms with Crippen molar-refractivity contribution >= 4 is 11.9 Å². The van der Waals surface area contributed by atoms with Gasteiger partial charge in [0.2, 0.25) is 0 Å². The zero-order valence-electron chi connectivity index (χ0n) is 19.1. The van der Waals surface area contributed by atoms with E-state index in [1.54, 1.807) is 9.36 Å². The summed E-state index contributed by atoms with van der Waals surface area (Å²) in [5, 5.41) is 8.69. The number of nitrogens with zero attached hydrogens (tertiary/aromatic N) is 4. The van der Waals surface area contributed by atoms with Crippen LogP contribution in [0.5, 0.6) is 0 Å². The van der Waals surface area contributed by atoms with E-state index in [0.717, 1.165) is 33.9 Å². The van der Waals surface area contributed by atoms with Gasteiger partial charge in [0.1, 0.15) is 13.2 Å². The molecule has 32 heavy (non-hydrogen) atoms. The summed E-state index contributed by atoms with van der Waals surface area (Å²) in [5.41, 5.74) is 5.60. The summed E-state index contributed by atoms with van der Waals surface area (Å²) in [7, 11) is 0. The van der Waals surface area contributed by atoms with Gasteiger partial charge in [0.15, 0.2) is 0 Å². The second-order valence-corrected chi connectivity index (χ2v) is 7.94. The minimum atomic E-state index is -0.279. The molecule has 0 N–H and O–H groups in total. The quantitative estimate of drug-likeness (QED) is 0.450. The lowest BCUT2D eigenvalue weighted by Crippen LogP contribution is -2.12. The van der Waals surface area contributed by atoms with Crippen LogP contribution >= 0.6 is 0 Å². The van der Waals surface area contributed by atoms with Gasteiger partial charge in [-0.2, -0.15) is 10.2 Å². The van der Waals surface area contributed by atoms with Crippen LogP contribution < -0.4 is 0 Å². The Balaban J connectivity index is 1.40. The highest BCUT2D eigenvalue weighted by atomic mass is 16.5. The van der Waals surface area contributed by atoms with Gasteiger partial charge in [0.25, 0.3) is 0 Å². The smallest absolute Gasteiger partial charge is 0.308 e. The van der Waals surface area contributed by atoms with Gasteiger partial charge >= 0.3 is 11.9 Å². The van der Waals surface area contributed by atoms with Gasteiger partial charge in [0, 0.05) is 11.4 Å². The number of hydrogen-bond acceptors (Lipinski definition) is 6. The molecule has 0 aliphatic rings. The van der Waals surface area contributed by atoms with Gasteiger partial charge in [-0.15, -0.1) is 0 Å². The summed E-state index contributed by atoms with van der Waals surface area (Å²) in [5.74, 6) is -0.558. The van der Waals surface area contributed by atoms with Crippen molar-refractivity contribution in [1.82, 2.24) is 19.6 Å². The summed E-state index contributed by atoms with van der Waals surface area (Å²) in [6.07, 6.45) is 0.517. The fourth-order valence-electron chi connectivity index (χ4n) is 3.48. The number of carbonyl (C=O) groups is 2. The summed E-state index contributed by atoms with van der Waals surface area (Å²) in [6.45, 7) is 9.11. The molecular formula is C24H30N4O4. The molecule has 0 amide bonds. The van der Waals surface area contributed by atoms with Crippen molar-refractivity contribution in [1.29, 1.82) is 0 Å². The maximum Gasteiger partial charge on any atom is 0.308 e. The van der Waals surface area contributed by atoms with E-state index in [-0.39, 0.29) is 38.0 Å². The Kier molecular flexibility index (Phi) is 7.81. The molecular weight excluding hydrogens is 408 g/mol. The third kappa shape index (κ3) is 6.80. The maximum absolute atomic E-state index is 12.1. The molecule has 8 heteroatoms. The van der Waals surface area contributed by atoms with Crippen molar-refractivity contribution in [3.05, 3.63) is 70.3 Å². The minimum absolute atomic E-state index is 0.176.